The van der Waals surface area contributed by atoms with E-state index in [-0.39, 0.29) is 6.04 Å². The summed E-state index contributed by atoms with van der Waals surface area (Å²) in [6.07, 6.45) is 0.639. The molecule has 1 atom stereocenters. The van der Waals surface area contributed by atoms with Crippen LogP contribution in [0.15, 0.2) is 16.7 Å². The number of hydrogen-bond acceptors (Lipinski definition) is 6. The lowest BCUT2D eigenvalue weighted by Gasteiger charge is -2.11. The second-order valence-electron chi connectivity index (χ2n) is 4.80. The van der Waals surface area contributed by atoms with Crippen LogP contribution in [0.3, 0.4) is 0 Å². The Morgan fingerprint density at radius 3 is 2.55 bits per heavy atom. The van der Waals surface area contributed by atoms with Crippen molar-refractivity contribution in [3.8, 4) is 11.4 Å². The summed E-state index contributed by atoms with van der Waals surface area (Å²) in [5.41, 5.74) is 2.82. The van der Waals surface area contributed by atoms with Gasteiger partial charge < -0.3 is 14.6 Å². The summed E-state index contributed by atoms with van der Waals surface area (Å²) in [6.45, 7) is 4.50. The van der Waals surface area contributed by atoms with Crippen LogP contribution in [0.25, 0.3) is 11.4 Å². The van der Waals surface area contributed by atoms with E-state index < -0.39 is 0 Å². The van der Waals surface area contributed by atoms with Crippen molar-refractivity contribution in [3.63, 3.8) is 0 Å². The molecule has 0 amide bonds. The predicted octanol–water partition coefficient (Wildman–Crippen LogP) is 1.53. The standard InChI is InChI=1S/C14H20N4O2/c1-9-5-11(6-10(2)16-9)14-17-13(20-18-14)7-12(15-3)8-19-4/h5-6,12,15H,7-8H2,1-4H3. The molecule has 6 heteroatoms. The predicted molar refractivity (Wildman–Crippen MR) is 75.4 cm³/mol. The van der Waals surface area contributed by atoms with Crippen molar-refractivity contribution in [3.05, 3.63) is 29.4 Å². The van der Waals surface area contributed by atoms with Gasteiger partial charge >= 0.3 is 0 Å². The van der Waals surface area contributed by atoms with Gasteiger partial charge in [0.1, 0.15) is 0 Å². The number of pyridine rings is 1. The Kier molecular flexibility index (Phi) is 4.81. The quantitative estimate of drug-likeness (QED) is 0.862. The highest BCUT2D eigenvalue weighted by molar-refractivity contribution is 5.55. The molecule has 0 aliphatic heterocycles. The first kappa shape index (κ1) is 14.6. The molecule has 0 aliphatic rings. The molecule has 0 bridgehead atoms. The lowest BCUT2D eigenvalue weighted by Crippen LogP contribution is -2.32. The van der Waals surface area contributed by atoms with E-state index in [4.69, 9.17) is 9.26 Å². The van der Waals surface area contributed by atoms with Crippen molar-refractivity contribution < 1.29 is 9.26 Å². The van der Waals surface area contributed by atoms with E-state index in [0.717, 1.165) is 17.0 Å². The van der Waals surface area contributed by atoms with Gasteiger partial charge in [0.05, 0.1) is 6.61 Å². The molecule has 0 fully saturated rings. The van der Waals surface area contributed by atoms with Crippen molar-refractivity contribution in [1.82, 2.24) is 20.4 Å². The first-order valence-corrected chi connectivity index (χ1v) is 6.57. The normalized spacial score (nSPS) is 12.6. The zero-order chi connectivity index (χ0) is 14.5. The van der Waals surface area contributed by atoms with Crippen LogP contribution in [0.5, 0.6) is 0 Å². The lowest BCUT2D eigenvalue weighted by atomic mass is 10.2. The van der Waals surface area contributed by atoms with Crippen LogP contribution in [0, 0.1) is 13.8 Å². The van der Waals surface area contributed by atoms with Crippen molar-refractivity contribution in [1.29, 1.82) is 0 Å². The fourth-order valence-electron chi connectivity index (χ4n) is 2.07. The monoisotopic (exact) mass is 276 g/mol. The number of nitrogens with one attached hydrogen (secondary N) is 1. The zero-order valence-electron chi connectivity index (χ0n) is 12.3. The Morgan fingerprint density at radius 1 is 1.25 bits per heavy atom. The van der Waals surface area contributed by atoms with Gasteiger partial charge in [-0.1, -0.05) is 5.16 Å². The average molecular weight is 276 g/mol. The molecular weight excluding hydrogens is 256 g/mol. The Labute approximate surface area is 118 Å². The van der Waals surface area contributed by atoms with Gasteiger partial charge in [-0.2, -0.15) is 4.98 Å². The fourth-order valence-corrected chi connectivity index (χ4v) is 2.07. The number of methoxy groups -OCH3 is 1. The summed E-state index contributed by atoms with van der Waals surface area (Å²) in [6, 6.07) is 4.06. The van der Waals surface area contributed by atoms with Crippen LogP contribution < -0.4 is 5.32 Å². The SMILES string of the molecule is CNC(COC)Cc1nc(-c2cc(C)nc(C)c2)no1. The van der Waals surface area contributed by atoms with Gasteiger partial charge in [-0.3, -0.25) is 4.98 Å². The highest BCUT2D eigenvalue weighted by Gasteiger charge is 2.14. The highest BCUT2D eigenvalue weighted by atomic mass is 16.5. The third-order valence-electron chi connectivity index (χ3n) is 3.00. The topological polar surface area (TPSA) is 73.1 Å². The Morgan fingerprint density at radius 2 is 1.95 bits per heavy atom. The van der Waals surface area contributed by atoms with E-state index in [9.17, 15) is 0 Å². The van der Waals surface area contributed by atoms with Gasteiger partial charge in [0, 0.05) is 36.5 Å². The molecule has 6 nitrogen and oxygen atoms in total. The molecule has 1 N–H and O–H groups in total. The number of nitrogens with zero attached hydrogens (tertiary/aromatic N) is 3. The lowest BCUT2D eigenvalue weighted by molar-refractivity contribution is 0.165. The number of rotatable bonds is 6. The summed E-state index contributed by atoms with van der Waals surface area (Å²) in [5.74, 6) is 1.20. The third kappa shape index (κ3) is 3.61. The smallest absolute Gasteiger partial charge is 0.228 e. The summed E-state index contributed by atoms with van der Waals surface area (Å²) >= 11 is 0. The van der Waals surface area contributed by atoms with Gasteiger partial charge in [-0.15, -0.1) is 0 Å². The van der Waals surface area contributed by atoms with E-state index in [1.54, 1.807) is 7.11 Å². The maximum atomic E-state index is 5.30. The van der Waals surface area contributed by atoms with Crippen LogP contribution in [0.4, 0.5) is 0 Å². The van der Waals surface area contributed by atoms with Crippen LogP contribution in [-0.2, 0) is 11.2 Å². The van der Waals surface area contributed by atoms with E-state index in [1.165, 1.54) is 0 Å². The molecule has 0 saturated heterocycles. The molecule has 2 heterocycles. The number of likely N-dealkylation sites (N-methyl/N-ethyl adjacent to an activating group) is 1. The molecule has 20 heavy (non-hydrogen) atoms. The van der Waals surface area contributed by atoms with Gasteiger partial charge in [-0.25, -0.2) is 0 Å². The van der Waals surface area contributed by atoms with Crippen LogP contribution >= 0.6 is 0 Å². The molecule has 0 aromatic carbocycles. The Balaban J connectivity index is 2.15. The minimum Gasteiger partial charge on any atom is -0.383 e. The van der Waals surface area contributed by atoms with Crippen LogP contribution in [0.1, 0.15) is 17.3 Å². The highest BCUT2D eigenvalue weighted by Crippen LogP contribution is 2.18. The molecule has 108 valence electrons. The van der Waals surface area contributed by atoms with Gasteiger partial charge in [0.25, 0.3) is 0 Å². The average Bonchev–Trinajstić information content (AvgIpc) is 2.85. The Bertz CT molecular complexity index is 548. The molecule has 2 aromatic heterocycles. The molecule has 2 rings (SSSR count). The first-order chi connectivity index (χ1) is 9.62. The van der Waals surface area contributed by atoms with E-state index in [0.29, 0.717) is 24.7 Å². The van der Waals surface area contributed by atoms with Gasteiger partial charge in [0.2, 0.25) is 11.7 Å². The second kappa shape index (κ2) is 6.58. The van der Waals surface area contributed by atoms with Crippen molar-refractivity contribution >= 4 is 0 Å². The van der Waals surface area contributed by atoms with Crippen molar-refractivity contribution in [2.45, 2.75) is 26.3 Å². The fraction of sp³-hybridized carbons (Fsp3) is 0.500. The zero-order valence-corrected chi connectivity index (χ0v) is 12.3. The molecule has 1 unspecified atom stereocenters. The summed E-state index contributed by atoms with van der Waals surface area (Å²) < 4.78 is 10.4. The Hall–Kier alpha value is -1.79. The van der Waals surface area contributed by atoms with Gasteiger partial charge in [-0.05, 0) is 33.0 Å². The molecule has 0 spiro atoms. The van der Waals surface area contributed by atoms with Crippen LogP contribution in [-0.4, -0.2) is 41.9 Å². The van der Waals surface area contributed by atoms with Crippen molar-refractivity contribution in [2.75, 3.05) is 20.8 Å². The largest absolute Gasteiger partial charge is 0.383 e. The number of aryl methyl sites for hydroxylation is 2. The van der Waals surface area contributed by atoms with Gasteiger partial charge in [0.15, 0.2) is 0 Å². The minimum absolute atomic E-state index is 0.161. The molecule has 0 radical (unpaired) electrons. The second-order valence-corrected chi connectivity index (χ2v) is 4.80. The summed E-state index contributed by atoms with van der Waals surface area (Å²) in [7, 11) is 3.56. The van der Waals surface area contributed by atoms with Crippen molar-refractivity contribution in [2.24, 2.45) is 0 Å². The number of ether oxygens (including phenoxy) is 1. The molecule has 2 aromatic rings. The molecule has 0 aliphatic carbocycles. The first-order valence-electron chi connectivity index (χ1n) is 6.57. The maximum Gasteiger partial charge on any atom is 0.228 e. The maximum absolute atomic E-state index is 5.30. The van der Waals surface area contributed by atoms with E-state index >= 15 is 0 Å². The molecular formula is C14H20N4O2. The summed E-state index contributed by atoms with van der Waals surface area (Å²) in [4.78, 5) is 8.77. The van der Waals surface area contributed by atoms with Crippen LogP contribution in [0.2, 0.25) is 0 Å². The number of hydrogen-bond donors (Lipinski definition) is 1. The summed E-state index contributed by atoms with van der Waals surface area (Å²) in [5, 5.41) is 7.19. The molecule has 0 saturated carbocycles. The van der Waals surface area contributed by atoms with E-state index in [2.05, 4.69) is 20.4 Å². The minimum atomic E-state index is 0.161. The third-order valence-corrected chi connectivity index (χ3v) is 3.00. The van der Waals surface area contributed by atoms with E-state index in [1.807, 2.05) is 33.0 Å². The number of aromatic nitrogens is 3.